The number of anilines is 1. The first-order valence-electron chi connectivity index (χ1n) is 8.28. The molecule has 0 aromatic heterocycles. The second-order valence-electron chi connectivity index (χ2n) is 6.36. The number of allylic oxidation sites excluding steroid dienone is 1. The van der Waals surface area contributed by atoms with Crippen LogP contribution in [0.2, 0.25) is 0 Å². The van der Waals surface area contributed by atoms with Crippen LogP contribution in [0.3, 0.4) is 0 Å². The maximum atomic E-state index is 14.3. The summed E-state index contributed by atoms with van der Waals surface area (Å²) >= 11 is 0. The van der Waals surface area contributed by atoms with Gasteiger partial charge < -0.3 is 16.0 Å². The zero-order valence-electron chi connectivity index (χ0n) is 14.8. The fourth-order valence-electron chi connectivity index (χ4n) is 3.08. The maximum absolute atomic E-state index is 14.3. The molecule has 2 aromatic carbocycles. The zero-order chi connectivity index (χ0) is 18.8. The van der Waals surface area contributed by atoms with Crippen LogP contribution in [0.1, 0.15) is 29.7 Å². The molecule has 0 bridgehead atoms. The van der Waals surface area contributed by atoms with Gasteiger partial charge in [-0.2, -0.15) is 0 Å². The highest BCUT2D eigenvalue weighted by molar-refractivity contribution is 6.07. The molecule has 0 radical (unpaired) electrons. The fraction of sp³-hybridized carbons (Fsp3) is 0.200. The molecule has 134 valence electrons. The molecule has 3 amide bonds. The molecule has 2 aromatic rings. The molecular weight excluding hydrogens is 333 g/mol. The first-order valence-corrected chi connectivity index (χ1v) is 8.28. The summed E-state index contributed by atoms with van der Waals surface area (Å²) in [5, 5.41) is 8.08. The Morgan fingerprint density at radius 3 is 2.54 bits per heavy atom. The summed E-state index contributed by atoms with van der Waals surface area (Å²) in [7, 11) is 0. The largest absolute Gasteiger partial charge is 0.327 e. The molecule has 0 spiro atoms. The van der Waals surface area contributed by atoms with E-state index in [9.17, 15) is 14.0 Å². The summed E-state index contributed by atoms with van der Waals surface area (Å²) in [6.07, 6.45) is 0. The molecule has 0 saturated carbocycles. The number of urea groups is 1. The van der Waals surface area contributed by atoms with E-state index in [-0.39, 0.29) is 11.1 Å². The van der Waals surface area contributed by atoms with Gasteiger partial charge in [0.2, 0.25) is 0 Å². The SMILES string of the molecule is CC1=C(C(=O)Nc2ccc(C)cc2C)C(c2ccccc2F)NC(=O)N1. The summed E-state index contributed by atoms with van der Waals surface area (Å²) in [6, 6.07) is 10.4. The van der Waals surface area contributed by atoms with E-state index in [0.717, 1.165) is 11.1 Å². The third kappa shape index (κ3) is 3.44. The summed E-state index contributed by atoms with van der Waals surface area (Å²) in [5.41, 5.74) is 3.59. The van der Waals surface area contributed by atoms with E-state index in [0.29, 0.717) is 11.4 Å². The Bertz CT molecular complexity index is 921. The van der Waals surface area contributed by atoms with Gasteiger partial charge in [0.25, 0.3) is 5.91 Å². The van der Waals surface area contributed by atoms with Crippen molar-refractivity contribution in [2.75, 3.05) is 5.32 Å². The number of nitrogens with one attached hydrogen (secondary N) is 3. The van der Waals surface area contributed by atoms with Crippen molar-refractivity contribution in [2.24, 2.45) is 0 Å². The Labute approximate surface area is 151 Å². The standard InChI is InChI=1S/C20H20FN3O2/c1-11-8-9-16(12(2)10-11)23-19(25)17-13(3)22-20(26)24-18(17)14-6-4-5-7-15(14)21/h4-10,18H,1-3H3,(H,23,25)(H2,22,24,26). The Morgan fingerprint density at radius 2 is 1.85 bits per heavy atom. The molecule has 6 heteroatoms. The highest BCUT2D eigenvalue weighted by atomic mass is 19.1. The minimum absolute atomic E-state index is 0.243. The first kappa shape index (κ1) is 17.7. The third-order valence-electron chi connectivity index (χ3n) is 4.36. The smallest absolute Gasteiger partial charge is 0.319 e. The minimum Gasteiger partial charge on any atom is -0.327 e. The van der Waals surface area contributed by atoms with Crippen LogP contribution in [0.15, 0.2) is 53.7 Å². The normalized spacial score (nSPS) is 16.8. The Hall–Kier alpha value is -3.15. The fourth-order valence-corrected chi connectivity index (χ4v) is 3.08. The number of hydrogen-bond acceptors (Lipinski definition) is 2. The van der Waals surface area contributed by atoms with Crippen LogP contribution in [-0.4, -0.2) is 11.9 Å². The molecule has 1 atom stereocenters. The third-order valence-corrected chi connectivity index (χ3v) is 4.36. The molecule has 26 heavy (non-hydrogen) atoms. The Kier molecular flexibility index (Phi) is 4.75. The lowest BCUT2D eigenvalue weighted by atomic mass is 9.94. The van der Waals surface area contributed by atoms with E-state index < -0.39 is 23.8 Å². The monoisotopic (exact) mass is 353 g/mol. The number of amides is 3. The summed E-state index contributed by atoms with van der Waals surface area (Å²) in [6.45, 7) is 5.50. The predicted molar refractivity (Wildman–Crippen MR) is 98.1 cm³/mol. The molecule has 0 saturated heterocycles. The van der Waals surface area contributed by atoms with Crippen molar-refractivity contribution in [1.82, 2.24) is 10.6 Å². The second-order valence-corrected chi connectivity index (χ2v) is 6.36. The van der Waals surface area contributed by atoms with Gasteiger partial charge in [-0.1, -0.05) is 35.9 Å². The van der Waals surface area contributed by atoms with E-state index in [2.05, 4.69) is 16.0 Å². The van der Waals surface area contributed by atoms with Crippen molar-refractivity contribution < 1.29 is 14.0 Å². The number of benzene rings is 2. The maximum Gasteiger partial charge on any atom is 0.319 e. The van der Waals surface area contributed by atoms with Crippen LogP contribution in [0, 0.1) is 19.7 Å². The molecule has 1 aliphatic rings. The van der Waals surface area contributed by atoms with Crippen LogP contribution in [0.5, 0.6) is 0 Å². The van der Waals surface area contributed by atoms with E-state index in [1.165, 1.54) is 6.07 Å². The first-order chi connectivity index (χ1) is 12.4. The molecule has 3 N–H and O–H groups in total. The zero-order valence-corrected chi connectivity index (χ0v) is 14.8. The van der Waals surface area contributed by atoms with E-state index >= 15 is 0 Å². The average Bonchev–Trinajstić information content (AvgIpc) is 2.57. The van der Waals surface area contributed by atoms with Crippen LogP contribution in [0.25, 0.3) is 0 Å². The van der Waals surface area contributed by atoms with Crippen LogP contribution >= 0.6 is 0 Å². The summed E-state index contributed by atoms with van der Waals surface area (Å²) < 4.78 is 14.3. The van der Waals surface area contributed by atoms with Crippen molar-refractivity contribution >= 4 is 17.6 Å². The van der Waals surface area contributed by atoms with Crippen molar-refractivity contribution in [1.29, 1.82) is 0 Å². The molecular formula is C20H20FN3O2. The number of carbonyl (C=O) groups is 2. The lowest BCUT2D eigenvalue weighted by Gasteiger charge is -2.29. The lowest BCUT2D eigenvalue weighted by molar-refractivity contribution is -0.113. The lowest BCUT2D eigenvalue weighted by Crippen LogP contribution is -2.46. The predicted octanol–water partition coefficient (Wildman–Crippen LogP) is 3.71. The van der Waals surface area contributed by atoms with Crippen molar-refractivity contribution in [3.05, 3.63) is 76.2 Å². The van der Waals surface area contributed by atoms with Gasteiger partial charge in [-0.05, 0) is 38.5 Å². The molecule has 1 unspecified atom stereocenters. The number of hydrogen-bond donors (Lipinski definition) is 3. The summed E-state index contributed by atoms with van der Waals surface area (Å²) in [4.78, 5) is 24.8. The average molecular weight is 353 g/mol. The Balaban J connectivity index is 1.98. The van der Waals surface area contributed by atoms with Crippen LogP contribution < -0.4 is 16.0 Å². The highest BCUT2D eigenvalue weighted by Gasteiger charge is 2.32. The Morgan fingerprint density at radius 1 is 1.12 bits per heavy atom. The van der Waals surface area contributed by atoms with Gasteiger partial charge in [0.05, 0.1) is 11.6 Å². The molecule has 1 heterocycles. The minimum atomic E-state index is -0.865. The van der Waals surface area contributed by atoms with Gasteiger partial charge in [-0.3, -0.25) is 4.79 Å². The number of aryl methyl sites for hydroxylation is 2. The van der Waals surface area contributed by atoms with Crippen molar-refractivity contribution in [2.45, 2.75) is 26.8 Å². The van der Waals surface area contributed by atoms with Crippen molar-refractivity contribution in [3.63, 3.8) is 0 Å². The van der Waals surface area contributed by atoms with Gasteiger partial charge in [-0.25, -0.2) is 9.18 Å². The topological polar surface area (TPSA) is 70.2 Å². The molecule has 1 aliphatic heterocycles. The van der Waals surface area contributed by atoms with Crippen molar-refractivity contribution in [3.8, 4) is 0 Å². The van der Waals surface area contributed by atoms with Gasteiger partial charge >= 0.3 is 6.03 Å². The van der Waals surface area contributed by atoms with E-state index in [1.807, 2.05) is 32.0 Å². The van der Waals surface area contributed by atoms with Crippen LogP contribution in [-0.2, 0) is 4.79 Å². The van der Waals surface area contributed by atoms with Crippen LogP contribution in [0.4, 0.5) is 14.9 Å². The second kappa shape index (κ2) is 7.00. The quantitative estimate of drug-likeness (QED) is 0.787. The summed E-state index contributed by atoms with van der Waals surface area (Å²) in [5.74, 6) is -0.875. The van der Waals surface area contributed by atoms with Gasteiger partial charge in [-0.15, -0.1) is 0 Å². The van der Waals surface area contributed by atoms with E-state index in [1.54, 1.807) is 25.1 Å². The molecule has 3 rings (SSSR count). The highest BCUT2D eigenvalue weighted by Crippen LogP contribution is 2.29. The molecule has 5 nitrogen and oxygen atoms in total. The van der Waals surface area contributed by atoms with Gasteiger partial charge in [0.15, 0.2) is 0 Å². The molecule has 0 fully saturated rings. The van der Waals surface area contributed by atoms with Gasteiger partial charge in [0.1, 0.15) is 5.82 Å². The number of halogens is 1. The number of rotatable bonds is 3. The molecule has 0 aliphatic carbocycles. The number of carbonyl (C=O) groups excluding carboxylic acids is 2. The van der Waals surface area contributed by atoms with E-state index in [4.69, 9.17) is 0 Å². The van der Waals surface area contributed by atoms with Gasteiger partial charge in [0, 0.05) is 16.9 Å².